The summed E-state index contributed by atoms with van der Waals surface area (Å²) < 4.78 is 39.3. The van der Waals surface area contributed by atoms with Crippen molar-refractivity contribution in [3.8, 4) is 0 Å². The smallest absolute Gasteiger partial charge is 0.332 e. The van der Waals surface area contributed by atoms with Gasteiger partial charge in [-0.2, -0.15) is 13.2 Å². The summed E-state index contributed by atoms with van der Waals surface area (Å²) in [7, 11) is 0. The van der Waals surface area contributed by atoms with E-state index in [2.05, 4.69) is 30.7 Å². The number of halogens is 3. The Morgan fingerprint density at radius 1 is 1.22 bits per heavy atom. The second-order valence-electron chi connectivity index (χ2n) is 6.00. The fourth-order valence-corrected chi connectivity index (χ4v) is 2.24. The number of hydrogen-bond acceptors (Lipinski definition) is 2. The van der Waals surface area contributed by atoms with Crippen molar-refractivity contribution in [3.05, 3.63) is 17.7 Å². The number of hydrogen-bond donors (Lipinski definition) is 0. The summed E-state index contributed by atoms with van der Waals surface area (Å²) in [5.74, 6) is 0.512. The molecule has 0 N–H and O–H groups in total. The SMILES string of the molecule is CC(C)(C)CN1CCn2cc(C(F)(F)F)nc2C1. The van der Waals surface area contributed by atoms with E-state index < -0.39 is 11.9 Å². The molecule has 18 heavy (non-hydrogen) atoms. The highest BCUT2D eigenvalue weighted by Gasteiger charge is 2.35. The van der Waals surface area contributed by atoms with Crippen LogP contribution in [0.3, 0.4) is 0 Å². The molecular weight excluding hydrogens is 243 g/mol. The zero-order chi connectivity index (χ0) is 13.6. The number of aromatic nitrogens is 2. The Kier molecular flexibility index (Phi) is 3.17. The largest absolute Gasteiger partial charge is 0.434 e. The third-order valence-electron chi connectivity index (χ3n) is 2.87. The molecule has 0 saturated carbocycles. The van der Waals surface area contributed by atoms with Crippen LogP contribution >= 0.6 is 0 Å². The predicted molar refractivity (Wildman–Crippen MR) is 62.0 cm³/mol. The number of fused-ring (bicyclic) bond motifs is 1. The van der Waals surface area contributed by atoms with Gasteiger partial charge in [0.2, 0.25) is 0 Å². The third-order valence-corrected chi connectivity index (χ3v) is 2.87. The van der Waals surface area contributed by atoms with Gasteiger partial charge in [-0.05, 0) is 5.41 Å². The summed E-state index contributed by atoms with van der Waals surface area (Å²) in [6.45, 7) is 9.07. The Morgan fingerprint density at radius 2 is 1.89 bits per heavy atom. The standard InChI is InChI=1S/C12H18F3N3/c1-11(2,3)8-17-4-5-18-6-9(12(13,14)15)16-10(18)7-17/h6H,4-5,7-8H2,1-3H3. The van der Waals surface area contributed by atoms with Crippen molar-refractivity contribution in [1.82, 2.24) is 14.5 Å². The molecule has 0 bridgehead atoms. The molecule has 0 spiro atoms. The summed E-state index contributed by atoms with van der Waals surface area (Å²) in [5.41, 5.74) is -0.642. The van der Waals surface area contributed by atoms with E-state index in [1.165, 1.54) is 0 Å². The molecule has 0 fully saturated rings. The molecule has 0 aromatic carbocycles. The number of nitrogens with zero attached hydrogens (tertiary/aromatic N) is 3. The fraction of sp³-hybridized carbons (Fsp3) is 0.750. The van der Waals surface area contributed by atoms with Crippen molar-refractivity contribution in [2.45, 2.75) is 40.0 Å². The van der Waals surface area contributed by atoms with E-state index in [1.54, 1.807) is 4.57 Å². The van der Waals surface area contributed by atoms with Gasteiger partial charge < -0.3 is 4.57 Å². The summed E-state index contributed by atoms with van der Waals surface area (Å²) in [5, 5.41) is 0. The molecule has 0 unspecified atom stereocenters. The van der Waals surface area contributed by atoms with Crippen molar-refractivity contribution in [2.75, 3.05) is 13.1 Å². The molecule has 2 rings (SSSR count). The van der Waals surface area contributed by atoms with Gasteiger partial charge in [0.15, 0.2) is 5.69 Å². The monoisotopic (exact) mass is 261 g/mol. The molecule has 0 amide bonds. The van der Waals surface area contributed by atoms with Crippen molar-refractivity contribution in [2.24, 2.45) is 5.41 Å². The maximum Gasteiger partial charge on any atom is 0.434 e. The molecule has 0 radical (unpaired) electrons. The average Bonchev–Trinajstić information content (AvgIpc) is 2.57. The lowest BCUT2D eigenvalue weighted by Gasteiger charge is -2.32. The number of rotatable bonds is 1. The van der Waals surface area contributed by atoms with E-state index in [1.807, 2.05) is 0 Å². The Balaban J connectivity index is 2.13. The topological polar surface area (TPSA) is 21.1 Å². The van der Waals surface area contributed by atoms with Gasteiger partial charge in [0.1, 0.15) is 5.82 Å². The summed E-state index contributed by atoms with van der Waals surface area (Å²) >= 11 is 0. The molecule has 0 atom stereocenters. The van der Waals surface area contributed by atoms with Crippen LogP contribution in [0.2, 0.25) is 0 Å². The first-order valence-corrected chi connectivity index (χ1v) is 6.01. The van der Waals surface area contributed by atoms with E-state index >= 15 is 0 Å². The molecule has 0 saturated heterocycles. The Labute approximate surface area is 105 Å². The minimum Gasteiger partial charge on any atom is -0.332 e. The van der Waals surface area contributed by atoms with Crippen LogP contribution in [0.25, 0.3) is 0 Å². The van der Waals surface area contributed by atoms with Crippen LogP contribution < -0.4 is 0 Å². The Bertz CT molecular complexity index is 429. The number of alkyl halides is 3. The Morgan fingerprint density at radius 3 is 2.44 bits per heavy atom. The third kappa shape index (κ3) is 3.04. The molecule has 1 aliphatic heterocycles. The van der Waals surface area contributed by atoms with Crippen LogP contribution in [0.15, 0.2) is 6.20 Å². The van der Waals surface area contributed by atoms with E-state index in [0.717, 1.165) is 19.3 Å². The molecule has 3 nitrogen and oxygen atoms in total. The highest BCUT2D eigenvalue weighted by Crippen LogP contribution is 2.29. The van der Waals surface area contributed by atoms with Gasteiger partial charge in [0, 0.05) is 25.8 Å². The maximum absolute atomic E-state index is 12.6. The van der Waals surface area contributed by atoms with E-state index in [0.29, 0.717) is 18.9 Å². The fourth-order valence-electron chi connectivity index (χ4n) is 2.24. The average molecular weight is 261 g/mol. The first kappa shape index (κ1) is 13.4. The van der Waals surface area contributed by atoms with Crippen molar-refractivity contribution >= 4 is 0 Å². The zero-order valence-corrected chi connectivity index (χ0v) is 10.9. The van der Waals surface area contributed by atoms with E-state index in [-0.39, 0.29) is 5.41 Å². The van der Waals surface area contributed by atoms with Gasteiger partial charge in [-0.1, -0.05) is 20.8 Å². The van der Waals surface area contributed by atoms with Crippen LogP contribution in [-0.4, -0.2) is 27.5 Å². The maximum atomic E-state index is 12.6. The minimum absolute atomic E-state index is 0.140. The van der Waals surface area contributed by atoms with Crippen LogP contribution in [0.1, 0.15) is 32.3 Å². The van der Waals surface area contributed by atoms with Crippen molar-refractivity contribution < 1.29 is 13.2 Å². The van der Waals surface area contributed by atoms with E-state index in [4.69, 9.17) is 0 Å². The molecule has 1 aromatic rings. The molecule has 6 heteroatoms. The summed E-state index contributed by atoms with van der Waals surface area (Å²) in [4.78, 5) is 5.85. The highest BCUT2D eigenvalue weighted by atomic mass is 19.4. The lowest BCUT2D eigenvalue weighted by Crippen LogP contribution is -2.38. The first-order chi connectivity index (χ1) is 8.15. The van der Waals surface area contributed by atoms with Gasteiger partial charge in [-0.15, -0.1) is 0 Å². The normalized spacial score (nSPS) is 17.9. The molecule has 102 valence electrons. The summed E-state index contributed by atoms with van der Waals surface area (Å²) in [6.07, 6.45) is -3.23. The lowest BCUT2D eigenvalue weighted by molar-refractivity contribution is -0.141. The van der Waals surface area contributed by atoms with Gasteiger partial charge in [0.25, 0.3) is 0 Å². The second kappa shape index (κ2) is 4.26. The highest BCUT2D eigenvalue weighted by molar-refractivity contribution is 5.09. The van der Waals surface area contributed by atoms with E-state index in [9.17, 15) is 13.2 Å². The molecule has 1 aliphatic rings. The van der Waals surface area contributed by atoms with Crippen LogP contribution in [0.5, 0.6) is 0 Å². The molecule has 2 heterocycles. The molecule has 1 aromatic heterocycles. The van der Waals surface area contributed by atoms with Gasteiger partial charge in [-0.25, -0.2) is 4.98 Å². The van der Waals surface area contributed by atoms with Crippen LogP contribution in [-0.2, 0) is 19.3 Å². The predicted octanol–water partition coefficient (Wildman–Crippen LogP) is 2.76. The second-order valence-corrected chi connectivity index (χ2v) is 6.00. The first-order valence-electron chi connectivity index (χ1n) is 6.01. The van der Waals surface area contributed by atoms with Gasteiger partial charge in [-0.3, -0.25) is 4.90 Å². The molecule has 0 aliphatic carbocycles. The lowest BCUT2D eigenvalue weighted by atomic mass is 9.96. The summed E-state index contributed by atoms with van der Waals surface area (Å²) in [6, 6.07) is 0. The quantitative estimate of drug-likeness (QED) is 0.775. The van der Waals surface area contributed by atoms with Crippen molar-refractivity contribution in [3.63, 3.8) is 0 Å². The van der Waals surface area contributed by atoms with Gasteiger partial charge in [0.05, 0.1) is 6.54 Å². The van der Waals surface area contributed by atoms with Crippen molar-refractivity contribution in [1.29, 1.82) is 0 Å². The van der Waals surface area contributed by atoms with Crippen LogP contribution in [0, 0.1) is 5.41 Å². The minimum atomic E-state index is -4.35. The van der Waals surface area contributed by atoms with Crippen LogP contribution in [0.4, 0.5) is 13.2 Å². The number of imidazole rings is 1. The van der Waals surface area contributed by atoms with Gasteiger partial charge >= 0.3 is 6.18 Å². The molecular formula is C12H18F3N3. The Hall–Kier alpha value is -1.04. The zero-order valence-electron chi connectivity index (χ0n) is 10.9.